The summed E-state index contributed by atoms with van der Waals surface area (Å²) in [5.41, 5.74) is 1.14. The average molecular weight is 191 g/mol. The minimum absolute atomic E-state index is 1.11. The van der Waals surface area contributed by atoms with Gasteiger partial charge in [-0.1, -0.05) is 0 Å². The molecule has 0 bridgehead atoms. The summed E-state index contributed by atoms with van der Waals surface area (Å²) in [6.45, 7) is 2.31. The fourth-order valence-corrected chi connectivity index (χ4v) is 1.87. The Morgan fingerprint density at radius 2 is 2.07 bits per heavy atom. The Morgan fingerprint density at radius 3 is 2.79 bits per heavy atom. The van der Waals surface area contributed by atoms with E-state index in [0.29, 0.717) is 0 Å². The standard InChI is InChI=1S/C11H17N3/c1-12-10-5-6-13-11(9-10)14-7-3-2-4-8-14/h5-6,9H,2-4,7-8H2,1H3,(H,12,13). The molecule has 3 heteroatoms. The first-order valence-corrected chi connectivity index (χ1v) is 5.29. The lowest BCUT2D eigenvalue weighted by atomic mass is 10.1. The second-order valence-electron chi connectivity index (χ2n) is 3.70. The molecular formula is C11H17N3. The van der Waals surface area contributed by atoms with E-state index in [-0.39, 0.29) is 0 Å². The van der Waals surface area contributed by atoms with Crippen molar-refractivity contribution in [2.45, 2.75) is 19.3 Å². The minimum atomic E-state index is 1.11. The molecule has 0 unspecified atom stereocenters. The zero-order valence-electron chi connectivity index (χ0n) is 8.66. The monoisotopic (exact) mass is 191 g/mol. The molecule has 1 fully saturated rings. The Morgan fingerprint density at radius 1 is 1.29 bits per heavy atom. The van der Waals surface area contributed by atoms with E-state index in [1.54, 1.807) is 0 Å². The predicted octanol–water partition coefficient (Wildman–Crippen LogP) is 2.11. The quantitative estimate of drug-likeness (QED) is 0.776. The van der Waals surface area contributed by atoms with Gasteiger partial charge in [0.25, 0.3) is 0 Å². The molecule has 0 amide bonds. The molecule has 0 aliphatic carbocycles. The van der Waals surface area contributed by atoms with Crippen molar-refractivity contribution in [1.29, 1.82) is 0 Å². The first-order chi connectivity index (χ1) is 6.90. The molecule has 2 rings (SSSR count). The molecule has 76 valence electrons. The van der Waals surface area contributed by atoms with Gasteiger partial charge >= 0.3 is 0 Å². The summed E-state index contributed by atoms with van der Waals surface area (Å²) in [4.78, 5) is 6.76. The predicted molar refractivity (Wildman–Crippen MR) is 59.8 cm³/mol. The Hall–Kier alpha value is -1.25. The number of hydrogen-bond donors (Lipinski definition) is 1. The van der Waals surface area contributed by atoms with Crippen LogP contribution in [0.4, 0.5) is 11.5 Å². The molecular weight excluding hydrogens is 174 g/mol. The van der Waals surface area contributed by atoms with Gasteiger partial charge in [0.2, 0.25) is 0 Å². The summed E-state index contributed by atoms with van der Waals surface area (Å²) in [5.74, 6) is 1.11. The average Bonchev–Trinajstić information content (AvgIpc) is 2.30. The van der Waals surface area contributed by atoms with Crippen LogP contribution >= 0.6 is 0 Å². The van der Waals surface area contributed by atoms with Gasteiger partial charge in [-0.3, -0.25) is 0 Å². The molecule has 1 aliphatic rings. The first kappa shape index (κ1) is 9.31. The van der Waals surface area contributed by atoms with Crippen LogP contribution in [0.2, 0.25) is 0 Å². The van der Waals surface area contributed by atoms with Gasteiger partial charge in [0.05, 0.1) is 0 Å². The number of pyridine rings is 1. The highest BCUT2D eigenvalue weighted by Crippen LogP contribution is 2.19. The summed E-state index contributed by atoms with van der Waals surface area (Å²) < 4.78 is 0. The highest BCUT2D eigenvalue weighted by atomic mass is 15.2. The van der Waals surface area contributed by atoms with Crippen molar-refractivity contribution in [3.05, 3.63) is 18.3 Å². The molecule has 2 heterocycles. The lowest BCUT2D eigenvalue weighted by Gasteiger charge is -2.27. The molecule has 1 aromatic heterocycles. The largest absolute Gasteiger partial charge is 0.388 e. The summed E-state index contributed by atoms with van der Waals surface area (Å²) in [7, 11) is 1.94. The first-order valence-electron chi connectivity index (χ1n) is 5.29. The van der Waals surface area contributed by atoms with Crippen LogP contribution in [0.3, 0.4) is 0 Å². The number of hydrogen-bond acceptors (Lipinski definition) is 3. The topological polar surface area (TPSA) is 28.2 Å². The van der Waals surface area contributed by atoms with E-state index in [1.807, 2.05) is 19.3 Å². The lowest BCUT2D eigenvalue weighted by molar-refractivity contribution is 0.573. The molecule has 1 aliphatic heterocycles. The molecule has 0 aromatic carbocycles. The Labute approximate surface area is 85.1 Å². The molecule has 3 nitrogen and oxygen atoms in total. The molecule has 1 aromatic rings. The fraction of sp³-hybridized carbons (Fsp3) is 0.545. The van der Waals surface area contributed by atoms with Crippen LogP contribution in [0.1, 0.15) is 19.3 Å². The van der Waals surface area contributed by atoms with Crippen molar-refractivity contribution in [1.82, 2.24) is 4.98 Å². The van der Waals surface area contributed by atoms with Gasteiger partial charge in [-0.2, -0.15) is 0 Å². The summed E-state index contributed by atoms with van der Waals surface area (Å²) in [6, 6.07) is 4.11. The maximum absolute atomic E-state index is 4.40. The second kappa shape index (κ2) is 4.31. The summed E-state index contributed by atoms with van der Waals surface area (Å²) in [5, 5.41) is 3.14. The fourth-order valence-electron chi connectivity index (χ4n) is 1.87. The van der Waals surface area contributed by atoms with E-state index < -0.39 is 0 Å². The van der Waals surface area contributed by atoms with Gasteiger partial charge in [-0.05, 0) is 25.3 Å². The number of piperidine rings is 1. The Kier molecular flexibility index (Phi) is 2.87. The third-order valence-electron chi connectivity index (χ3n) is 2.71. The second-order valence-corrected chi connectivity index (χ2v) is 3.70. The van der Waals surface area contributed by atoms with Crippen LogP contribution in [0.5, 0.6) is 0 Å². The van der Waals surface area contributed by atoms with Crippen molar-refractivity contribution < 1.29 is 0 Å². The van der Waals surface area contributed by atoms with Crippen LogP contribution in [0, 0.1) is 0 Å². The highest BCUT2D eigenvalue weighted by Gasteiger charge is 2.11. The SMILES string of the molecule is CNc1ccnc(N2CCCCC2)c1. The van der Waals surface area contributed by atoms with Crippen molar-refractivity contribution >= 4 is 11.5 Å². The van der Waals surface area contributed by atoms with Crippen LogP contribution < -0.4 is 10.2 Å². The molecule has 0 atom stereocenters. The maximum Gasteiger partial charge on any atom is 0.130 e. The van der Waals surface area contributed by atoms with E-state index >= 15 is 0 Å². The third-order valence-corrected chi connectivity index (χ3v) is 2.71. The minimum Gasteiger partial charge on any atom is -0.388 e. The molecule has 1 saturated heterocycles. The molecule has 0 spiro atoms. The normalized spacial score (nSPS) is 16.8. The van der Waals surface area contributed by atoms with Gasteiger partial charge in [-0.25, -0.2) is 4.98 Å². The van der Waals surface area contributed by atoms with E-state index in [9.17, 15) is 0 Å². The van der Waals surface area contributed by atoms with Crippen molar-refractivity contribution in [2.24, 2.45) is 0 Å². The van der Waals surface area contributed by atoms with Crippen LogP contribution in [-0.4, -0.2) is 25.1 Å². The third kappa shape index (κ3) is 1.97. The van der Waals surface area contributed by atoms with Crippen molar-refractivity contribution in [2.75, 3.05) is 30.4 Å². The Bertz CT molecular complexity index is 292. The van der Waals surface area contributed by atoms with Gasteiger partial charge < -0.3 is 10.2 Å². The van der Waals surface area contributed by atoms with E-state index in [4.69, 9.17) is 0 Å². The van der Waals surface area contributed by atoms with Gasteiger partial charge in [0.15, 0.2) is 0 Å². The summed E-state index contributed by atoms with van der Waals surface area (Å²) >= 11 is 0. The zero-order valence-corrected chi connectivity index (χ0v) is 8.66. The zero-order chi connectivity index (χ0) is 9.80. The molecule has 14 heavy (non-hydrogen) atoms. The van der Waals surface area contributed by atoms with Crippen molar-refractivity contribution in [3.63, 3.8) is 0 Å². The van der Waals surface area contributed by atoms with Crippen LogP contribution in [0.25, 0.3) is 0 Å². The van der Waals surface area contributed by atoms with Gasteiger partial charge in [0, 0.05) is 38.1 Å². The maximum atomic E-state index is 4.40. The van der Waals surface area contributed by atoms with Crippen molar-refractivity contribution in [3.8, 4) is 0 Å². The lowest BCUT2D eigenvalue weighted by Crippen LogP contribution is -2.30. The molecule has 1 N–H and O–H groups in total. The molecule has 0 radical (unpaired) electrons. The number of nitrogens with zero attached hydrogens (tertiary/aromatic N) is 2. The van der Waals surface area contributed by atoms with E-state index in [0.717, 1.165) is 24.6 Å². The highest BCUT2D eigenvalue weighted by molar-refractivity contribution is 5.52. The van der Waals surface area contributed by atoms with Gasteiger partial charge in [-0.15, -0.1) is 0 Å². The Balaban J connectivity index is 2.13. The number of rotatable bonds is 2. The summed E-state index contributed by atoms with van der Waals surface area (Å²) in [6.07, 6.45) is 5.83. The van der Waals surface area contributed by atoms with Gasteiger partial charge in [0.1, 0.15) is 5.82 Å². The number of aromatic nitrogens is 1. The number of nitrogens with one attached hydrogen (secondary N) is 1. The molecule has 0 saturated carbocycles. The smallest absolute Gasteiger partial charge is 0.130 e. The van der Waals surface area contributed by atoms with E-state index in [2.05, 4.69) is 21.3 Å². The van der Waals surface area contributed by atoms with E-state index in [1.165, 1.54) is 19.3 Å². The van der Waals surface area contributed by atoms with Crippen LogP contribution in [0.15, 0.2) is 18.3 Å². The number of anilines is 2. The van der Waals surface area contributed by atoms with Crippen LogP contribution in [-0.2, 0) is 0 Å².